The molecule has 3 aromatic rings. The van der Waals surface area contributed by atoms with E-state index in [0.717, 1.165) is 5.56 Å². The highest BCUT2D eigenvalue weighted by Gasteiger charge is 2.16. The van der Waals surface area contributed by atoms with Crippen molar-refractivity contribution in [3.63, 3.8) is 0 Å². The number of para-hydroxylation sites is 1. The van der Waals surface area contributed by atoms with E-state index in [1.165, 1.54) is 16.3 Å². The number of nitrogens with two attached hydrogens (primary N) is 1. The fraction of sp³-hybridized carbons (Fsp3) is 0.158. The summed E-state index contributed by atoms with van der Waals surface area (Å²) in [5.74, 6) is -0.183. The lowest BCUT2D eigenvalue weighted by atomic mass is 10.2. The van der Waals surface area contributed by atoms with Crippen LogP contribution in [0.5, 0.6) is 0 Å². The number of rotatable bonds is 5. The van der Waals surface area contributed by atoms with E-state index in [4.69, 9.17) is 17.3 Å². The minimum Gasteiger partial charge on any atom is -0.351 e. The van der Waals surface area contributed by atoms with Crippen LogP contribution in [0.2, 0.25) is 5.02 Å². The summed E-state index contributed by atoms with van der Waals surface area (Å²) in [6.45, 7) is 1.83. The zero-order valence-corrected chi connectivity index (χ0v) is 16.5. The molecule has 0 spiro atoms. The number of carbonyl (C=O) groups excluding carboxylic acids is 2. The first kappa shape index (κ1) is 19.9. The van der Waals surface area contributed by atoms with Gasteiger partial charge in [-0.05, 0) is 36.8 Å². The van der Waals surface area contributed by atoms with E-state index in [9.17, 15) is 14.4 Å². The third-order valence-electron chi connectivity index (χ3n) is 4.05. The molecule has 7 nitrogen and oxygen atoms in total. The Morgan fingerprint density at radius 2 is 1.96 bits per heavy atom. The predicted molar refractivity (Wildman–Crippen MR) is 110 cm³/mol. The Bertz CT molecular complexity index is 1130. The summed E-state index contributed by atoms with van der Waals surface area (Å²) in [6, 6.07) is 11.5. The van der Waals surface area contributed by atoms with Crippen LogP contribution in [0, 0.1) is 6.92 Å². The topological polar surface area (TPSA) is 107 Å². The SMILES string of the molecule is Cc1c(Cl)cccc1-n1c(SCCC(=O)NC(N)=O)nc2ccccc2c1=O. The molecule has 2 aromatic carbocycles. The number of thioether (sulfide) groups is 1. The zero-order valence-electron chi connectivity index (χ0n) is 14.9. The molecule has 3 N–H and O–H groups in total. The van der Waals surface area contributed by atoms with E-state index in [-0.39, 0.29) is 12.0 Å². The summed E-state index contributed by atoms with van der Waals surface area (Å²) in [5, 5.41) is 3.46. The number of nitrogens with zero attached hydrogens (tertiary/aromatic N) is 2. The van der Waals surface area contributed by atoms with Crippen LogP contribution in [0.4, 0.5) is 4.79 Å². The van der Waals surface area contributed by atoms with Crippen molar-refractivity contribution in [2.75, 3.05) is 5.75 Å². The van der Waals surface area contributed by atoms with Crippen LogP contribution in [0.3, 0.4) is 0 Å². The fourth-order valence-corrected chi connectivity index (χ4v) is 3.81. The standard InChI is InChI=1S/C19H17ClN4O3S/c1-11-13(20)6-4-8-15(11)24-17(26)12-5-2-3-7-14(12)22-19(24)28-10-9-16(25)23-18(21)27/h2-8H,9-10H2,1H3,(H3,21,23,25,27). The number of nitrogens with one attached hydrogen (secondary N) is 1. The molecule has 1 aromatic heterocycles. The van der Waals surface area contributed by atoms with E-state index < -0.39 is 11.9 Å². The molecule has 0 aliphatic rings. The molecular weight excluding hydrogens is 400 g/mol. The molecule has 9 heteroatoms. The third kappa shape index (κ3) is 4.18. The molecule has 0 saturated carbocycles. The van der Waals surface area contributed by atoms with Crippen molar-refractivity contribution >= 4 is 46.2 Å². The number of carbonyl (C=O) groups is 2. The smallest absolute Gasteiger partial charge is 0.318 e. The number of benzene rings is 2. The minimum absolute atomic E-state index is 0.0465. The molecule has 0 radical (unpaired) electrons. The highest BCUT2D eigenvalue weighted by molar-refractivity contribution is 7.99. The van der Waals surface area contributed by atoms with Crippen molar-refractivity contribution in [1.82, 2.24) is 14.9 Å². The van der Waals surface area contributed by atoms with Gasteiger partial charge >= 0.3 is 6.03 Å². The Labute approximate surface area is 169 Å². The summed E-state index contributed by atoms with van der Waals surface area (Å²) >= 11 is 7.48. The second-order valence-corrected chi connectivity index (χ2v) is 7.42. The van der Waals surface area contributed by atoms with Crippen molar-refractivity contribution in [3.8, 4) is 5.69 Å². The van der Waals surface area contributed by atoms with Gasteiger partial charge in [0.15, 0.2) is 5.16 Å². The minimum atomic E-state index is -0.898. The highest BCUT2D eigenvalue weighted by atomic mass is 35.5. The van der Waals surface area contributed by atoms with Gasteiger partial charge < -0.3 is 5.73 Å². The molecule has 3 rings (SSSR count). The number of hydrogen-bond donors (Lipinski definition) is 2. The van der Waals surface area contributed by atoms with E-state index in [1.54, 1.807) is 42.5 Å². The Morgan fingerprint density at radius 1 is 1.21 bits per heavy atom. The highest BCUT2D eigenvalue weighted by Crippen LogP contribution is 2.26. The molecule has 0 aliphatic heterocycles. The number of hydrogen-bond acceptors (Lipinski definition) is 5. The van der Waals surface area contributed by atoms with Crippen molar-refractivity contribution in [3.05, 3.63) is 63.4 Å². The fourth-order valence-electron chi connectivity index (χ4n) is 2.69. The predicted octanol–water partition coefficient (Wildman–Crippen LogP) is 3.02. The summed E-state index contributed by atoms with van der Waals surface area (Å²) in [4.78, 5) is 40.2. The molecule has 0 saturated heterocycles. The molecule has 0 unspecified atom stereocenters. The van der Waals surface area contributed by atoms with Gasteiger partial charge in [-0.2, -0.15) is 0 Å². The summed E-state index contributed by atoms with van der Waals surface area (Å²) < 4.78 is 1.50. The van der Waals surface area contributed by atoms with E-state index in [2.05, 4.69) is 4.98 Å². The molecule has 0 atom stereocenters. The Morgan fingerprint density at radius 3 is 2.71 bits per heavy atom. The Hall–Kier alpha value is -2.84. The van der Waals surface area contributed by atoms with Crippen molar-refractivity contribution < 1.29 is 9.59 Å². The van der Waals surface area contributed by atoms with Crippen LogP contribution in [-0.2, 0) is 4.79 Å². The zero-order chi connectivity index (χ0) is 20.3. The van der Waals surface area contributed by atoms with Crippen molar-refractivity contribution in [1.29, 1.82) is 0 Å². The van der Waals surface area contributed by atoms with Crippen LogP contribution in [0.25, 0.3) is 16.6 Å². The van der Waals surface area contributed by atoms with E-state index >= 15 is 0 Å². The maximum Gasteiger partial charge on any atom is 0.318 e. The first-order valence-corrected chi connectivity index (χ1v) is 9.74. The van der Waals surface area contributed by atoms with E-state index in [1.807, 2.05) is 12.2 Å². The molecule has 28 heavy (non-hydrogen) atoms. The normalized spacial score (nSPS) is 10.8. The van der Waals surface area contributed by atoms with Gasteiger partial charge in [-0.25, -0.2) is 9.78 Å². The van der Waals surface area contributed by atoms with Gasteiger partial charge in [0.2, 0.25) is 5.91 Å². The number of urea groups is 1. The number of fused-ring (bicyclic) bond motifs is 1. The molecule has 0 fully saturated rings. The lowest BCUT2D eigenvalue weighted by Crippen LogP contribution is -2.35. The molecule has 0 bridgehead atoms. The average molecular weight is 417 g/mol. The quantitative estimate of drug-likeness (QED) is 0.491. The van der Waals surface area contributed by atoms with Gasteiger partial charge in [-0.1, -0.05) is 41.6 Å². The lowest BCUT2D eigenvalue weighted by Gasteiger charge is -2.15. The van der Waals surface area contributed by atoms with Gasteiger partial charge in [0.1, 0.15) is 0 Å². The number of amides is 3. The summed E-state index contributed by atoms with van der Waals surface area (Å²) in [5.41, 5.74) is 6.65. The third-order valence-corrected chi connectivity index (χ3v) is 5.40. The van der Waals surface area contributed by atoms with Crippen LogP contribution in [-0.4, -0.2) is 27.2 Å². The van der Waals surface area contributed by atoms with Crippen LogP contribution >= 0.6 is 23.4 Å². The van der Waals surface area contributed by atoms with Crippen molar-refractivity contribution in [2.45, 2.75) is 18.5 Å². The Balaban J connectivity index is 2.05. The lowest BCUT2D eigenvalue weighted by molar-refractivity contribution is -0.119. The van der Waals surface area contributed by atoms with Gasteiger partial charge in [0, 0.05) is 17.2 Å². The van der Waals surface area contributed by atoms with Crippen LogP contribution in [0.15, 0.2) is 52.4 Å². The molecule has 0 aliphatic carbocycles. The summed E-state index contributed by atoms with van der Waals surface area (Å²) in [7, 11) is 0. The van der Waals surface area contributed by atoms with Gasteiger partial charge in [-0.15, -0.1) is 0 Å². The number of halogens is 1. The molecule has 1 heterocycles. The van der Waals surface area contributed by atoms with Crippen LogP contribution < -0.4 is 16.6 Å². The van der Waals surface area contributed by atoms with Gasteiger partial charge in [-0.3, -0.25) is 19.5 Å². The molecule has 144 valence electrons. The summed E-state index contributed by atoms with van der Waals surface area (Å²) in [6.07, 6.45) is 0.0465. The molecule has 3 amide bonds. The average Bonchev–Trinajstić information content (AvgIpc) is 2.64. The number of aromatic nitrogens is 2. The van der Waals surface area contributed by atoms with Gasteiger partial charge in [0.25, 0.3) is 5.56 Å². The van der Waals surface area contributed by atoms with Crippen molar-refractivity contribution in [2.24, 2.45) is 5.73 Å². The largest absolute Gasteiger partial charge is 0.351 e. The number of primary amides is 1. The maximum atomic E-state index is 13.2. The first-order valence-electron chi connectivity index (χ1n) is 8.38. The first-order chi connectivity index (χ1) is 13.4. The van der Waals surface area contributed by atoms with Crippen LogP contribution in [0.1, 0.15) is 12.0 Å². The molecular formula is C19H17ClN4O3S. The second kappa shape index (κ2) is 8.45. The monoisotopic (exact) mass is 416 g/mol. The van der Waals surface area contributed by atoms with E-state index in [0.29, 0.717) is 32.5 Å². The van der Waals surface area contributed by atoms with Gasteiger partial charge in [0.05, 0.1) is 16.6 Å². The second-order valence-electron chi connectivity index (χ2n) is 5.95. The number of imide groups is 1. The maximum absolute atomic E-state index is 13.2. The Kier molecular flexibility index (Phi) is 6.01.